The Balaban J connectivity index is 0.00000132. The van der Waals surface area contributed by atoms with Crippen LogP contribution in [0.2, 0.25) is 0 Å². The Labute approximate surface area is 152 Å². The number of nitrogens with one attached hydrogen (secondary N) is 1. The number of rotatable bonds is 6. The molecule has 0 aromatic carbocycles. The maximum Gasteiger partial charge on any atom is 0.0768 e. The normalized spacial score (nSPS) is 21.2. The number of aryl methyl sites for hydroxylation is 1. The van der Waals surface area contributed by atoms with Crippen molar-refractivity contribution in [1.82, 2.24) is 20.0 Å². The fourth-order valence-electron chi connectivity index (χ4n) is 3.31. The van der Waals surface area contributed by atoms with E-state index in [1.54, 1.807) is 0 Å². The van der Waals surface area contributed by atoms with Crippen LogP contribution in [0.5, 0.6) is 0 Å². The second-order valence-electron chi connectivity index (χ2n) is 6.35. The molecule has 1 unspecified atom stereocenters. The van der Waals surface area contributed by atoms with Crippen LogP contribution in [0, 0.1) is 5.92 Å². The summed E-state index contributed by atoms with van der Waals surface area (Å²) in [6, 6.07) is 2.28. The van der Waals surface area contributed by atoms with Crippen molar-refractivity contribution in [3.05, 3.63) is 17.5 Å². The lowest BCUT2D eigenvalue weighted by Gasteiger charge is -2.14. The average Bonchev–Trinajstić information content (AvgIpc) is 3.01. The zero-order valence-electron chi connectivity index (χ0n) is 14.0. The van der Waals surface area contributed by atoms with E-state index in [0.29, 0.717) is 5.92 Å². The predicted octanol–water partition coefficient (Wildman–Crippen LogP) is 2.47. The first kappa shape index (κ1) is 20.7. The standard InChI is InChI=1S/C16H28N4O.2ClH/c1-2-8-21-13-14-4-7-19(11-14)12-15-9-16-10-17-5-3-6-20(16)18-15;;/h9,14,17H,2-8,10-13H2,1H3;2*1H. The molecule has 1 aromatic rings. The summed E-state index contributed by atoms with van der Waals surface area (Å²) in [7, 11) is 0. The van der Waals surface area contributed by atoms with Gasteiger partial charge < -0.3 is 10.1 Å². The Morgan fingerprint density at radius 3 is 3.04 bits per heavy atom. The molecule has 0 amide bonds. The van der Waals surface area contributed by atoms with Crippen molar-refractivity contribution < 1.29 is 4.74 Å². The topological polar surface area (TPSA) is 42.3 Å². The monoisotopic (exact) mass is 364 g/mol. The summed E-state index contributed by atoms with van der Waals surface area (Å²) < 4.78 is 7.88. The number of hydrogen-bond acceptors (Lipinski definition) is 4. The summed E-state index contributed by atoms with van der Waals surface area (Å²) in [5, 5.41) is 8.23. The van der Waals surface area contributed by atoms with Crippen LogP contribution < -0.4 is 5.32 Å². The molecule has 134 valence electrons. The maximum atomic E-state index is 5.69. The van der Waals surface area contributed by atoms with Crippen molar-refractivity contribution >= 4 is 24.8 Å². The SMILES string of the molecule is CCCOCC1CCN(Cc2cc3n(n2)CCCNC3)C1.Cl.Cl. The minimum atomic E-state index is 0. The Kier molecular flexibility index (Phi) is 9.47. The molecule has 1 fully saturated rings. The zero-order valence-corrected chi connectivity index (χ0v) is 15.6. The van der Waals surface area contributed by atoms with Crippen molar-refractivity contribution in [3.8, 4) is 0 Å². The van der Waals surface area contributed by atoms with Gasteiger partial charge in [0.25, 0.3) is 0 Å². The summed E-state index contributed by atoms with van der Waals surface area (Å²) in [5.74, 6) is 0.707. The van der Waals surface area contributed by atoms with Gasteiger partial charge in [0, 0.05) is 32.8 Å². The molecule has 1 aromatic heterocycles. The number of likely N-dealkylation sites (tertiary alicyclic amines) is 1. The minimum Gasteiger partial charge on any atom is -0.381 e. The van der Waals surface area contributed by atoms with Gasteiger partial charge in [0.2, 0.25) is 0 Å². The molecule has 23 heavy (non-hydrogen) atoms. The van der Waals surface area contributed by atoms with Gasteiger partial charge in [-0.1, -0.05) is 6.92 Å². The first-order valence-corrected chi connectivity index (χ1v) is 8.41. The van der Waals surface area contributed by atoms with Crippen LogP contribution >= 0.6 is 24.8 Å². The fourth-order valence-corrected chi connectivity index (χ4v) is 3.31. The molecule has 1 atom stereocenters. The Morgan fingerprint density at radius 2 is 2.22 bits per heavy atom. The molecule has 2 aliphatic rings. The van der Waals surface area contributed by atoms with Crippen LogP contribution in [0.4, 0.5) is 0 Å². The molecular weight excluding hydrogens is 335 g/mol. The second kappa shape index (κ2) is 10.5. The summed E-state index contributed by atoms with van der Waals surface area (Å²) >= 11 is 0. The highest BCUT2D eigenvalue weighted by atomic mass is 35.5. The Bertz CT molecular complexity index is 432. The molecule has 1 saturated heterocycles. The van der Waals surface area contributed by atoms with Crippen molar-refractivity contribution in [2.75, 3.05) is 32.8 Å². The lowest BCUT2D eigenvalue weighted by atomic mass is 10.1. The molecule has 5 nitrogen and oxygen atoms in total. The summed E-state index contributed by atoms with van der Waals surface area (Å²) in [6.07, 6.45) is 3.55. The highest BCUT2D eigenvalue weighted by molar-refractivity contribution is 5.85. The number of halogens is 2. The van der Waals surface area contributed by atoms with E-state index in [1.807, 2.05) is 0 Å². The van der Waals surface area contributed by atoms with Crippen LogP contribution in [0.3, 0.4) is 0 Å². The first-order chi connectivity index (χ1) is 10.3. The van der Waals surface area contributed by atoms with E-state index in [-0.39, 0.29) is 24.8 Å². The van der Waals surface area contributed by atoms with E-state index in [0.717, 1.165) is 52.4 Å². The van der Waals surface area contributed by atoms with Crippen LogP contribution in [0.25, 0.3) is 0 Å². The molecular formula is C16H30Cl2N4O. The van der Waals surface area contributed by atoms with Gasteiger partial charge in [-0.3, -0.25) is 9.58 Å². The van der Waals surface area contributed by atoms with Crippen LogP contribution in [-0.2, 0) is 24.4 Å². The lowest BCUT2D eigenvalue weighted by Crippen LogP contribution is -2.22. The van der Waals surface area contributed by atoms with Gasteiger partial charge >= 0.3 is 0 Å². The number of ether oxygens (including phenoxy) is 1. The number of aromatic nitrogens is 2. The lowest BCUT2D eigenvalue weighted by molar-refractivity contribution is 0.101. The second-order valence-corrected chi connectivity index (χ2v) is 6.35. The molecule has 2 aliphatic heterocycles. The van der Waals surface area contributed by atoms with Gasteiger partial charge in [0.15, 0.2) is 0 Å². The third-order valence-corrected chi connectivity index (χ3v) is 4.40. The predicted molar refractivity (Wildman–Crippen MR) is 97.5 cm³/mol. The van der Waals surface area contributed by atoms with Crippen LogP contribution in [0.15, 0.2) is 6.07 Å². The molecule has 1 N–H and O–H groups in total. The molecule has 7 heteroatoms. The summed E-state index contributed by atoms with van der Waals surface area (Å²) in [6.45, 7) is 10.4. The molecule has 3 rings (SSSR count). The van der Waals surface area contributed by atoms with Crippen LogP contribution in [0.1, 0.15) is 37.6 Å². The van der Waals surface area contributed by atoms with Gasteiger partial charge in [0.1, 0.15) is 0 Å². The summed E-state index contributed by atoms with van der Waals surface area (Å²) in [4.78, 5) is 2.52. The van der Waals surface area contributed by atoms with Gasteiger partial charge in [0.05, 0.1) is 18.0 Å². The Hall–Kier alpha value is -0.330. The van der Waals surface area contributed by atoms with E-state index in [2.05, 4.69) is 27.9 Å². The Morgan fingerprint density at radius 1 is 1.35 bits per heavy atom. The average molecular weight is 365 g/mol. The van der Waals surface area contributed by atoms with Gasteiger partial charge in [-0.25, -0.2) is 0 Å². The smallest absolute Gasteiger partial charge is 0.0768 e. The van der Waals surface area contributed by atoms with Crippen molar-refractivity contribution in [1.29, 1.82) is 0 Å². The fraction of sp³-hybridized carbons (Fsp3) is 0.812. The molecule has 0 spiro atoms. The van der Waals surface area contributed by atoms with Crippen LogP contribution in [-0.4, -0.2) is 47.5 Å². The van der Waals surface area contributed by atoms with E-state index < -0.39 is 0 Å². The van der Waals surface area contributed by atoms with Crippen molar-refractivity contribution in [2.45, 2.75) is 45.8 Å². The van der Waals surface area contributed by atoms with E-state index in [4.69, 9.17) is 9.84 Å². The molecule has 0 radical (unpaired) electrons. The molecule has 0 saturated carbocycles. The zero-order chi connectivity index (χ0) is 14.5. The minimum absolute atomic E-state index is 0. The van der Waals surface area contributed by atoms with Gasteiger partial charge in [-0.2, -0.15) is 5.10 Å². The molecule has 0 aliphatic carbocycles. The summed E-state index contributed by atoms with van der Waals surface area (Å²) in [5.41, 5.74) is 2.56. The third kappa shape index (κ3) is 5.91. The number of hydrogen-bond donors (Lipinski definition) is 1. The first-order valence-electron chi connectivity index (χ1n) is 8.41. The van der Waals surface area contributed by atoms with E-state index in [1.165, 1.54) is 30.8 Å². The van der Waals surface area contributed by atoms with E-state index >= 15 is 0 Å². The van der Waals surface area contributed by atoms with Crippen molar-refractivity contribution in [3.63, 3.8) is 0 Å². The quantitative estimate of drug-likeness (QED) is 0.787. The van der Waals surface area contributed by atoms with Crippen molar-refractivity contribution in [2.24, 2.45) is 5.92 Å². The number of fused-ring (bicyclic) bond motifs is 1. The van der Waals surface area contributed by atoms with Gasteiger partial charge in [-0.15, -0.1) is 24.8 Å². The van der Waals surface area contributed by atoms with Gasteiger partial charge in [-0.05, 0) is 44.3 Å². The highest BCUT2D eigenvalue weighted by Gasteiger charge is 2.23. The number of nitrogens with zero attached hydrogens (tertiary/aromatic N) is 3. The maximum absolute atomic E-state index is 5.69. The highest BCUT2D eigenvalue weighted by Crippen LogP contribution is 2.19. The van der Waals surface area contributed by atoms with E-state index in [9.17, 15) is 0 Å². The largest absolute Gasteiger partial charge is 0.381 e. The third-order valence-electron chi connectivity index (χ3n) is 4.40. The molecule has 0 bridgehead atoms. The molecule has 3 heterocycles.